The molecule has 1 unspecified atom stereocenters. The van der Waals surface area contributed by atoms with E-state index in [4.69, 9.17) is 0 Å². The average molecular weight is 401 g/mol. The van der Waals surface area contributed by atoms with Crippen LogP contribution in [0, 0.1) is 13.8 Å². The minimum absolute atomic E-state index is 0.111. The summed E-state index contributed by atoms with van der Waals surface area (Å²) in [5, 5.41) is 14.3. The summed E-state index contributed by atoms with van der Waals surface area (Å²) in [5.41, 5.74) is 4.06. The molecule has 0 bridgehead atoms. The Hall–Kier alpha value is -2.15. The van der Waals surface area contributed by atoms with Crippen molar-refractivity contribution in [2.45, 2.75) is 70.5 Å². The van der Waals surface area contributed by atoms with E-state index in [-0.39, 0.29) is 18.2 Å². The largest absolute Gasteiger partial charge is 0.326 e. The van der Waals surface area contributed by atoms with Crippen molar-refractivity contribution in [3.05, 3.63) is 29.3 Å². The van der Waals surface area contributed by atoms with E-state index in [1.807, 2.05) is 32.0 Å². The number of nitrogens with one attached hydrogen (secondary N) is 2. The molecule has 1 aromatic rings. The lowest BCUT2D eigenvalue weighted by molar-refractivity contribution is -0.122. The standard InChI is InChI=1S/C21H28N4O2S/c1-14-9-8-12-17(15(14)2)22-19(26)13-18-20(27)23-21(28-18)25-24-16-10-6-4-3-5-7-11-16/h8-9,12,18H,3-7,10-11,13H2,1-2H3,(H,22,26)(H,23,25,27). The van der Waals surface area contributed by atoms with Gasteiger partial charge in [0.1, 0.15) is 5.25 Å². The minimum atomic E-state index is -0.471. The number of hydrogen-bond acceptors (Lipinski definition) is 5. The SMILES string of the molecule is Cc1cccc(NC(=O)CC2SC(=NN=C3CCCCCCC3)NC2=O)c1C. The lowest BCUT2D eigenvalue weighted by atomic mass is 9.99. The van der Waals surface area contributed by atoms with E-state index in [2.05, 4.69) is 20.8 Å². The Morgan fingerprint density at radius 2 is 1.86 bits per heavy atom. The van der Waals surface area contributed by atoms with Gasteiger partial charge in [-0.25, -0.2) is 0 Å². The normalized spacial score (nSPS) is 21.8. The number of hydrogen-bond donors (Lipinski definition) is 2. The highest BCUT2D eigenvalue weighted by atomic mass is 32.2. The molecule has 150 valence electrons. The molecule has 0 aromatic heterocycles. The van der Waals surface area contributed by atoms with Crippen LogP contribution >= 0.6 is 11.8 Å². The number of nitrogens with zero attached hydrogens (tertiary/aromatic N) is 2. The molecular formula is C21H28N4O2S. The van der Waals surface area contributed by atoms with E-state index in [0.717, 1.165) is 48.2 Å². The Balaban J connectivity index is 1.56. The second kappa shape index (κ2) is 9.87. The first kappa shape index (κ1) is 20.6. The average Bonchev–Trinajstić information content (AvgIpc) is 2.97. The molecule has 3 rings (SSSR count). The summed E-state index contributed by atoms with van der Waals surface area (Å²) in [6.07, 6.45) is 8.19. The Kier molecular flexibility index (Phi) is 7.25. The molecule has 6 nitrogen and oxygen atoms in total. The second-order valence-electron chi connectivity index (χ2n) is 7.43. The summed E-state index contributed by atoms with van der Waals surface area (Å²) in [6.45, 7) is 3.98. The monoisotopic (exact) mass is 400 g/mol. The van der Waals surface area contributed by atoms with E-state index in [9.17, 15) is 9.59 Å². The number of carbonyl (C=O) groups excluding carboxylic acids is 2. The molecule has 1 saturated heterocycles. The maximum absolute atomic E-state index is 12.4. The van der Waals surface area contributed by atoms with Crippen LogP contribution in [0.3, 0.4) is 0 Å². The third kappa shape index (κ3) is 5.67. The molecule has 1 saturated carbocycles. The summed E-state index contributed by atoms with van der Waals surface area (Å²) in [4.78, 5) is 24.6. The van der Waals surface area contributed by atoms with Crippen molar-refractivity contribution in [3.63, 3.8) is 0 Å². The van der Waals surface area contributed by atoms with Gasteiger partial charge in [-0.15, -0.1) is 5.10 Å². The summed E-state index contributed by atoms with van der Waals surface area (Å²) in [6, 6.07) is 5.79. The second-order valence-corrected chi connectivity index (χ2v) is 8.63. The van der Waals surface area contributed by atoms with Gasteiger partial charge in [-0.2, -0.15) is 5.10 Å². The summed E-state index contributed by atoms with van der Waals surface area (Å²) >= 11 is 1.28. The van der Waals surface area contributed by atoms with Gasteiger partial charge in [-0.1, -0.05) is 43.2 Å². The zero-order chi connectivity index (χ0) is 19.9. The Morgan fingerprint density at radius 3 is 2.61 bits per heavy atom. The van der Waals surface area contributed by atoms with E-state index in [0.29, 0.717) is 5.17 Å². The molecule has 1 atom stereocenters. The van der Waals surface area contributed by atoms with Crippen LogP contribution < -0.4 is 10.6 Å². The van der Waals surface area contributed by atoms with Gasteiger partial charge in [0.15, 0.2) is 5.17 Å². The molecule has 1 aliphatic heterocycles. The van der Waals surface area contributed by atoms with Gasteiger partial charge in [0.2, 0.25) is 11.8 Å². The maximum Gasteiger partial charge on any atom is 0.240 e. The number of anilines is 1. The third-order valence-electron chi connectivity index (χ3n) is 5.24. The Labute approximate surface area is 170 Å². The van der Waals surface area contributed by atoms with Crippen molar-refractivity contribution in [2.75, 3.05) is 5.32 Å². The van der Waals surface area contributed by atoms with Gasteiger partial charge in [0, 0.05) is 17.8 Å². The summed E-state index contributed by atoms with van der Waals surface area (Å²) < 4.78 is 0. The predicted molar refractivity (Wildman–Crippen MR) is 116 cm³/mol. The van der Waals surface area contributed by atoms with Crippen LogP contribution in [0.1, 0.15) is 62.5 Å². The molecule has 28 heavy (non-hydrogen) atoms. The molecule has 1 heterocycles. The van der Waals surface area contributed by atoms with Crippen LogP contribution in [0.2, 0.25) is 0 Å². The third-order valence-corrected chi connectivity index (χ3v) is 6.31. The van der Waals surface area contributed by atoms with E-state index >= 15 is 0 Å². The van der Waals surface area contributed by atoms with Gasteiger partial charge in [0.05, 0.1) is 0 Å². The number of aryl methyl sites for hydroxylation is 1. The Bertz CT molecular complexity index is 794. The first-order chi connectivity index (χ1) is 13.5. The zero-order valence-corrected chi connectivity index (χ0v) is 17.4. The molecule has 2 fully saturated rings. The molecule has 0 spiro atoms. The van der Waals surface area contributed by atoms with Crippen LogP contribution in [-0.2, 0) is 9.59 Å². The Morgan fingerprint density at radius 1 is 1.14 bits per heavy atom. The lowest BCUT2D eigenvalue weighted by Crippen LogP contribution is -2.28. The lowest BCUT2D eigenvalue weighted by Gasteiger charge is -2.11. The fraction of sp³-hybridized carbons (Fsp3) is 0.524. The molecule has 0 radical (unpaired) electrons. The van der Waals surface area contributed by atoms with Gasteiger partial charge in [0.25, 0.3) is 0 Å². The fourth-order valence-electron chi connectivity index (χ4n) is 3.37. The van der Waals surface area contributed by atoms with Crippen molar-refractivity contribution >= 4 is 40.1 Å². The van der Waals surface area contributed by atoms with E-state index < -0.39 is 5.25 Å². The number of carbonyl (C=O) groups is 2. The first-order valence-corrected chi connectivity index (χ1v) is 10.9. The molecule has 7 heteroatoms. The van der Waals surface area contributed by atoms with Crippen LogP contribution in [0.4, 0.5) is 5.69 Å². The molecular weight excluding hydrogens is 372 g/mol. The minimum Gasteiger partial charge on any atom is -0.326 e. The number of benzene rings is 1. The molecule has 1 aromatic carbocycles. The van der Waals surface area contributed by atoms with Crippen LogP contribution in [0.15, 0.2) is 28.4 Å². The number of amidine groups is 1. The van der Waals surface area contributed by atoms with E-state index in [1.165, 1.54) is 31.0 Å². The highest BCUT2D eigenvalue weighted by Gasteiger charge is 2.32. The number of thioether (sulfide) groups is 1. The highest BCUT2D eigenvalue weighted by Crippen LogP contribution is 2.24. The molecule has 2 aliphatic rings. The van der Waals surface area contributed by atoms with Gasteiger partial charge in [-0.3, -0.25) is 9.59 Å². The predicted octanol–water partition coefficient (Wildman–Crippen LogP) is 4.32. The summed E-state index contributed by atoms with van der Waals surface area (Å²) in [7, 11) is 0. The van der Waals surface area contributed by atoms with Crippen molar-refractivity contribution in [1.82, 2.24) is 5.32 Å². The number of amides is 2. The van der Waals surface area contributed by atoms with Crippen molar-refractivity contribution in [1.29, 1.82) is 0 Å². The highest BCUT2D eigenvalue weighted by molar-refractivity contribution is 8.15. The maximum atomic E-state index is 12.4. The van der Waals surface area contributed by atoms with Crippen molar-refractivity contribution in [3.8, 4) is 0 Å². The molecule has 1 aliphatic carbocycles. The van der Waals surface area contributed by atoms with Crippen molar-refractivity contribution in [2.24, 2.45) is 10.2 Å². The number of rotatable bonds is 4. The van der Waals surface area contributed by atoms with Crippen molar-refractivity contribution < 1.29 is 9.59 Å². The quantitative estimate of drug-likeness (QED) is 0.738. The topological polar surface area (TPSA) is 82.9 Å². The van der Waals surface area contributed by atoms with Crippen LogP contribution in [0.5, 0.6) is 0 Å². The van der Waals surface area contributed by atoms with Gasteiger partial charge >= 0.3 is 0 Å². The van der Waals surface area contributed by atoms with E-state index in [1.54, 1.807) is 0 Å². The van der Waals surface area contributed by atoms with Crippen LogP contribution in [0.25, 0.3) is 0 Å². The molecule has 2 amide bonds. The van der Waals surface area contributed by atoms with Gasteiger partial charge in [-0.05, 0) is 56.7 Å². The smallest absolute Gasteiger partial charge is 0.240 e. The fourth-order valence-corrected chi connectivity index (χ4v) is 4.29. The zero-order valence-electron chi connectivity index (χ0n) is 16.6. The van der Waals surface area contributed by atoms with Gasteiger partial charge < -0.3 is 10.6 Å². The molecule has 2 N–H and O–H groups in total. The van der Waals surface area contributed by atoms with Crippen LogP contribution in [-0.4, -0.2) is 27.9 Å². The first-order valence-electron chi connectivity index (χ1n) is 10.00. The summed E-state index contributed by atoms with van der Waals surface area (Å²) in [5.74, 6) is -0.355.